The maximum atomic E-state index is 12.0. The Balaban J connectivity index is 2.45. The molecule has 1 heterocycles. The third-order valence-corrected chi connectivity index (χ3v) is 2.40. The summed E-state index contributed by atoms with van der Waals surface area (Å²) in [6.45, 7) is -2.94. The number of nitriles is 1. The predicted molar refractivity (Wildman–Crippen MR) is 64.0 cm³/mol. The number of hydrogen-bond acceptors (Lipinski definition) is 4. The van der Waals surface area contributed by atoms with Gasteiger partial charge in [0.05, 0.1) is 5.69 Å². The molecule has 8 heteroatoms. The quantitative estimate of drug-likeness (QED) is 0.907. The summed E-state index contributed by atoms with van der Waals surface area (Å²) < 4.78 is 29.2. The number of nitrogens with one attached hydrogen (secondary N) is 1. The summed E-state index contributed by atoms with van der Waals surface area (Å²) in [6, 6.07) is 6.82. The smallest absolute Gasteiger partial charge is 0.387 e. The lowest BCUT2D eigenvalue weighted by Gasteiger charge is -2.07. The van der Waals surface area contributed by atoms with Gasteiger partial charge in [-0.1, -0.05) is 0 Å². The Morgan fingerprint density at radius 3 is 2.45 bits per heavy atom. The highest BCUT2D eigenvalue weighted by molar-refractivity contribution is 5.38. The molecule has 1 N–H and O–H groups in total. The van der Waals surface area contributed by atoms with Gasteiger partial charge in [0.2, 0.25) is 0 Å². The molecule has 102 valence electrons. The molecular weight excluding hydrogens is 272 g/mol. The first-order valence-corrected chi connectivity index (χ1v) is 5.32. The molecule has 0 spiro atoms. The van der Waals surface area contributed by atoms with E-state index in [2.05, 4.69) is 4.74 Å². The maximum absolute atomic E-state index is 12.0. The number of aromatic nitrogens is 2. The molecule has 2 rings (SSSR count). The molecule has 0 aliphatic heterocycles. The van der Waals surface area contributed by atoms with Crippen LogP contribution in [0.25, 0.3) is 5.69 Å². The zero-order valence-corrected chi connectivity index (χ0v) is 9.84. The molecule has 1 aromatic heterocycles. The molecule has 0 aliphatic rings. The number of rotatable bonds is 3. The minimum absolute atomic E-state index is 0.0678. The minimum Gasteiger partial charge on any atom is -0.435 e. The number of hydrogen-bond donors (Lipinski definition) is 1. The standard InChI is InChI=1S/C12H7F2N3O3/c13-11(14)20-9-3-1-8(2-4-9)17-6-7(5-15)10(18)16-12(17)19/h1-4,6,11H,(H,16,18,19). The monoisotopic (exact) mass is 279 g/mol. The van der Waals surface area contributed by atoms with Crippen molar-refractivity contribution in [3.63, 3.8) is 0 Å². The van der Waals surface area contributed by atoms with Crippen molar-refractivity contribution in [1.29, 1.82) is 5.26 Å². The van der Waals surface area contributed by atoms with Crippen LogP contribution >= 0.6 is 0 Å². The lowest BCUT2D eigenvalue weighted by molar-refractivity contribution is -0.0498. The number of halogens is 2. The fraction of sp³-hybridized carbons (Fsp3) is 0.0833. The van der Waals surface area contributed by atoms with Gasteiger partial charge in [0.25, 0.3) is 5.56 Å². The number of benzene rings is 1. The van der Waals surface area contributed by atoms with E-state index < -0.39 is 17.9 Å². The van der Waals surface area contributed by atoms with Crippen LogP contribution in [0, 0.1) is 11.3 Å². The number of ether oxygens (including phenoxy) is 1. The molecule has 6 nitrogen and oxygen atoms in total. The van der Waals surface area contributed by atoms with Crippen LogP contribution in [-0.4, -0.2) is 16.2 Å². The van der Waals surface area contributed by atoms with Crippen LogP contribution in [0.1, 0.15) is 5.56 Å². The Kier molecular flexibility index (Phi) is 3.61. The SMILES string of the molecule is N#Cc1cn(-c2ccc(OC(F)F)cc2)c(=O)[nH]c1=O. The average Bonchev–Trinajstić information content (AvgIpc) is 2.39. The van der Waals surface area contributed by atoms with E-state index in [1.54, 1.807) is 6.07 Å². The third-order valence-electron chi connectivity index (χ3n) is 2.40. The molecule has 0 amide bonds. The Morgan fingerprint density at radius 2 is 1.90 bits per heavy atom. The fourth-order valence-corrected chi connectivity index (χ4v) is 1.53. The molecule has 2 aromatic rings. The first-order valence-electron chi connectivity index (χ1n) is 5.32. The molecule has 0 aliphatic carbocycles. The second-order valence-electron chi connectivity index (χ2n) is 3.66. The zero-order valence-electron chi connectivity index (χ0n) is 9.84. The number of aromatic amines is 1. The van der Waals surface area contributed by atoms with Crippen molar-refractivity contribution >= 4 is 0 Å². The lowest BCUT2D eigenvalue weighted by atomic mass is 10.3. The Hall–Kier alpha value is -2.95. The molecule has 0 saturated carbocycles. The van der Waals surface area contributed by atoms with Crippen LogP contribution in [0.4, 0.5) is 8.78 Å². The van der Waals surface area contributed by atoms with Gasteiger partial charge < -0.3 is 4.74 Å². The molecule has 0 saturated heterocycles. The van der Waals surface area contributed by atoms with E-state index in [9.17, 15) is 18.4 Å². The average molecular weight is 279 g/mol. The van der Waals surface area contributed by atoms with Crippen LogP contribution in [-0.2, 0) is 0 Å². The van der Waals surface area contributed by atoms with Gasteiger partial charge in [-0.3, -0.25) is 14.3 Å². The second kappa shape index (κ2) is 5.36. The second-order valence-corrected chi connectivity index (χ2v) is 3.66. The van der Waals surface area contributed by atoms with Crippen molar-refractivity contribution in [3.05, 3.63) is 56.9 Å². The van der Waals surface area contributed by atoms with Crippen molar-refractivity contribution < 1.29 is 13.5 Å². The topological polar surface area (TPSA) is 87.9 Å². The Labute approximate surface area is 110 Å². The Morgan fingerprint density at radius 1 is 1.25 bits per heavy atom. The van der Waals surface area contributed by atoms with Crippen molar-refractivity contribution in [1.82, 2.24) is 9.55 Å². The molecule has 20 heavy (non-hydrogen) atoms. The van der Waals surface area contributed by atoms with Gasteiger partial charge in [-0.05, 0) is 24.3 Å². The summed E-state index contributed by atoms with van der Waals surface area (Å²) in [5, 5.41) is 8.74. The van der Waals surface area contributed by atoms with Crippen LogP contribution in [0.2, 0.25) is 0 Å². The normalized spacial score (nSPS) is 10.3. The molecular formula is C12H7F2N3O3. The van der Waals surface area contributed by atoms with Gasteiger partial charge >= 0.3 is 12.3 Å². The summed E-state index contributed by atoms with van der Waals surface area (Å²) >= 11 is 0. The third kappa shape index (κ3) is 2.72. The van der Waals surface area contributed by atoms with Gasteiger partial charge in [-0.25, -0.2) is 4.79 Å². The number of H-pyrrole nitrogens is 1. The predicted octanol–water partition coefficient (Wildman–Crippen LogP) is 0.999. The van der Waals surface area contributed by atoms with Crippen LogP contribution < -0.4 is 16.0 Å². The summed E-state index contributed by atoms with van der Waals surface area (Å²) in [7, 11) is 0. The first-order chi connectivity index (χ1) is 9.51. The first kappa shape index (κ1) is 13.5. The summed E-state index contributed by atoms with van der Waals surface area (Å²) in [4.78, 5) is 24.8. The largest absolute Gasteiger partial charge is 0.435 e. The van der Waals surface area contributed by atoms with E-state index in [-0.39, 0.29) is 11.3 Å². The van der Waals surface area contributed by atoms with Crippen molar-refractivity contribution in [2.75, 3.05) is 0 Å². The molecule has 1 aromatic carbocycles. The number of nitrogens with zero attached hydrogens (tertiary/aromatic N) is 2. The van der Waals surface area contributed by atoms with Crippen molar-refractivity contribution in [3.8, 4) is 17.5 Å². The van der Waals surface area contributed by atoms with Gasteiger partial charge in [0, 0.05) is 6.20 Å². The van der Waals surface area contributed by atoms with Crippen LogP contribution in [0.5, 0.6) is 5.75 Å². The Bertz CT molecular complexity index is 772. The van der Waals surface area contributed by atoms with Gasteiger partial charge in [0.15, 0.2) is 0 Å². The molecule has 0 bridgehead atoms. The van der Waals surface area contributed by atoms with E-state index in [4.69, 9.17) is 5.26 Å². The van der Waals surface area contributed by atoms with Gasteiger partial charge in [0.1, 0.15) is 17.4 Å². The van der Waals surface area contributed by atoms with E-state index in [1.807, 2.05) is 4.98 Å². The summed E-state index contributed by atoms with van der Waals surface area (Å²) in [5.41, 5.74) is -1.47. The van der Waals surface area contributed by atoms with E-state index >= 15 is 0 Å². The molecule has 0 atom stereocenters. The minimum atomic E-state index is -2.94. The molecule has 0 unspecified atom stereocenters. The highest BCUT2D eigenvalue weighted by Gasteiger charge is 2.07. The van der Waals surface area contributed by atoms with Crippen molar-refractivity contribution in [2.24, 2.45) is 0 Å². The van der Waals surface area contributed by atoms with E-state index in [0.29, 0.717) is 5.69 Å². The van der Waals surface area contributed by atoms with Crippen LogP contribution in [0.15, 0.2) is 40.1 Å². The molecule has 0 radical (unpaired) electrons. The van der Waals surface area contributed by atoms with Crippen LogP contribution in [0.3, 0.4) is 0 Å². The highest BCUT2D eigenvalue weighted by atomic mass is 19.3. The zero-order chi connectivity index (χ0) is 14.7. The summed E-state index contributed by atoms with van der Waals surface area (Å²) in [5.74, 6) is -0.0678. The van der Waals surface area contributed by atoms with E-state index in [1.165, 1.54) is 24.3 Å². The van der Waals surface area contributed by atoms with Gasteiger partial charge in [-0.15, -0.1) is 0 Å². The highest BCUT2D eigenvalue weighted by Crippen LogP contribution is 2.16. The van der Waals surface area contributed by atoms with Gasteiger partial charge in [-0.2, -0.15) is 14.0 Å². The number of alkyl halides is 2. The van der Waals surface area contributed by atoms with Crippen molar-refractivity contribution in [2.45, 2.75) is 6.61 Å². The summed E-state index contributed by atoms with van der Waals surface area (Å²) in [6.07, 6.45) is 1.07. The molecule has 0 fully saturated rings. The fourth-order valence-electron chi connectivity index (χ4n) is 1.53. The maximum Gasteiger partial charge on any atom is 0.387 e. The lowest BCUT2D eigenvalue weighted by Crippen LogP contribution is -2.30. The van der Waals surface area contributed by atoms with E-state index in [0.717, 1.165) is 10.8 Å².